The summed E-state index contributed by atoms with van der Waals surface area (Å²) in [4.78, 5) is 14.0. The Labute approximate surface area is 161 Å². The molecule has 1 aromatic carbocycles. The third-order valence-corrected chi connectivity index (χ3v) is 7.24. The molecule has 0 N–H and O–H groups in total. The summed E-state index contributed by atoms with van der Waals surface area (Å²) in [5.74, 6) is -1.45. The summed E-state index contributed by atoms with van der Waals surface area (Å²) in [7, 11) is -4.04. The second-order valence-electron chi connectivity index (χ2n) is 6.63. The largest absolute Gasteiger partial charge is 0.379 e. The van der Waals surface area contributed by atoms with Crippen LogP contribution in [-0.4, -0.2) is 62.4 Å². The van der Waals surface area contributed by atoms with Gasteiger partial charge in [-0.05, 0) is 38.3 Å². The number of ether oxygens (including phenoxy) is 1. The molecule has 6 nitrogen and oxygen atoms in total. The third-order valence-electron chi connectivity index (χ3n) is 4.89. The molecule has 0 bridgehead atoms. The Morgan fingerprint density at radius 2 is 1.92 bits per heavy atom. The zero-order chi connectivity index (χ0) is 18.9. The summed E-state index contributed by atoms with van der Waals surface area (Å²) >= 11 is 3.23. The molecule has 3 rings (SSSR count). The minimum atomic E-state index is -4.04. The van der Waals surface area contributed by atoms with Crippen LogP contribution in [0.1, 0.15) is 36.5 Å². The molecule has 0 aromatic heterocycles. The van der Waals surface area contributed by atoms with Gasteiger partial charge >= 0.3 is 0 Å². The first-order chi connectivity index (χ1) is 12.3. The summed E-state index contributed by atoms with van der Waals surface area (Å²) in [5.41, 5.74) is -0.208. The Kier molecular flexibility index (Phi) is 6.01. The van der Waals surface area contributed by atoms with Crippen molar-refractivity contribution in [3.05, 3.63) is 28.0 Å². The van der Waals surface area contributed by atoms with Crippen LogP contribution in [0.15, 0.2) is 21.5 Å². The summed E-state index contributed by atoms with van der Waals surface area (Å²) in [6, 6.07) is 2.59. The number of nitrogens with zero attached hydrogens (tertiary/aromatic N) is 2. The Morgan fingerprint density at radius 3 is 2.58 bits per heavy atom. The van der Waals surface area contributed by atoms with Gasteiger partial charge in [0.15, 0.2) is 5.82 Å². The molecule has 2 aliphatic rings. The molecule has 1 aromatic rings. The molecule has 26 heavy (non-hydrogen) atoms. The fourth-order valence-corrected chi connectivity index (χ4v) is 5.52. The van der Waals surface area contributed by atoms with Gasteiger partial charge in [-0.1, -0.05) is 15.9 Å². The van der Waals surface area contributed by atoms with Crippen molar-refractivity contribution in [3.8, 4) is 0 Å². The zero-order valence-electron chi connectivity index (χ0n) is 14.6. The van der Waals surface area contributed by atoms with Crippen molar-refractivity contribution in [2.24, 2.45) is 0 Å². The van der Waals surface area contributed by atoms with E-state index in [1.807, 2.05) is 6.92 Å². The van der Waals surface area contributed by atoms with Crippen LogP contribution in [0, 0.1) is 5.82 Å². The van der Waals surface area contributed by atoms with E-state index < -0.39 is 26.6 Å². The second kappa shape index (κ2) is 7.92. The normalized spacial score (nSPS) is 22.4. The first kappa shape index (κ1) is 19.7. The molecule has 0 spiro atoms. The first-order valence-corrected chi connectivity index (χ1v) is 10.9. The van der Waals surface area contributed by atoms with Crippen LogP contribution in [0.25, 0.3) is 0 Å². The molecule has 0 unspecified atom stereocenters. The number of sulfonamides is 1. The maximum atomic E-state index is 15.1. The van der Waals surface area contributed by atoms with Crippen LogP contribution in [0.3, 0.4) is 0 Å². The molecule has 1 atom stereocenters. The van der Waals surface area contributed by atoms with Crippen LogP contribution in [-0.2, 0) is 14.8 Å². The van der Waals surface area contributed by atoms with Crippen LogP contribution in [0.2, 0.25) is 0 Å². The second-order valence-corrected chi connectivity index (χ2v) is 9.45. The number of rotatable bonds is 3. The van der Waals surface area contributed by atoms with Crippen molar-refractivity contribution >= 4 is 31.9 Å². The van der Waals surface area contributed by atoms with E-state index in [-0.39, 0.29) is 37.9 Å². The highest BCUT2D eigenvalue weighted by molar-refractivity contribution is 9.10. The summed E-state index contributed by atoms with van der Waals surface area (Å²) in [6.45, 7) is 3.36. The van der Waals surface area contributed by atoms with Crippen LogP contribution in [0.4, 0.5) is 4.39 Å². The Morgan fingerprint density at radius 1 is 1.23 bits per heavy atom. The van der Waals surface area contributed by atoms with Gasteiger partial charge in [0, 0.05) is 30.1 Å². The minimum Gasteiger partial charge on any atom is -0.379 e. The maximum absolute atomic E-state index is 15.1. The van der Waals surface area contributed by atoms with Gasteiger partial charge in [0.05, 0.1) is 18.8 Å². The highest BCUT2D eigenvalue weighted by atomic mass is 79.9. The van der Waals surface area contributed by atoms with Crippen LogP contribution in [0.5, 0.6) is 0 Å². The number of hydrogen-bond acceptors (Lipinski definition) is 4. The Balaban J connectivity index is 1.99. The van der Waals surface area contributed by atoms with Gasteiger partial charge in [-0.25, -0.2) is 12.8 Å². The average Bonchev–Trinajstić information content (AvgIpc) is 2.64. The molecule has 0 saturated carbocycles. The number of amides is 1. The predicted molar refractivity (Wildman–Crippen MR) is 98.0 cm³/mol. The molecule has 0 aliphatic carbocycles. The molecular formula is C17H22BrFN2O4S. The third kappa shape index (κ3) is 3.81. The monoisotopic (exact) mass is 448 g/mol. The van der Waals surface area contributed by atoms with Gasteiger partial charge in [0.25, 0.3) is 5.91 Å². The van der Waals surface area contributed by atoms with Crippen molar-refractivity contribution in [1.82, 2.24) is 9.21 Å². The number of carbonyl (C=O) groups is 1. The molecule has 1 amide bonds. The summed E-state index contributed by atoms with van der Waals surface area (Å²) < 4.78 is 47.6. The van der Waals surface area contributed by atoms with Crippen molar-refractivity contribution < 1.29 is 22.3 Å². The lowest BCUT2D eigenvalue weighted by Crippen LogP contribution is -2.43. The number of piperidine rings is 1. The van der Waals surface area contributed by atoms with Gasteiger partial charge in [-0.15, -0.1) is 0 Å². The van der Waals surface area contributed by atoms with Crippen LogP contribution >= 0.6 is 15.9 Å². The van der Waals surface area contributed by atoms with E-state index in [0.717, 1.165) is 19.3 Å². The van der Waals surface area contributed by atoms with Crippen molar-refractivity contribution in [1.29, 1.82) is 0 Å². The van der Waals surface area contributed by atoms with Gasteiger partial charge in [0.2, 0.25) is 10.0 Å². The maximum Gasteiger partial charge on any atom is 0.257 e. The highest BCUT2D eigenvalue weighted by Gasteiger charge is 2.33. The lowest BCUT2D eigenvalue weighted by atomic mass is 10.0. The fraction of sp³-hybridized carbons (Fsp3) is 0.588. The topological polar surface area (TPSA) is 66.9 Å². The Hall–Kier alpha value is -1.03. The molecule has 2 saturated heterocycles. The molecule has 9 heteroatoms. The van der Waals surface area contributed by atoms with Gasteiger partial charge in [-0.2, -0.15) is 4.31 Å². The van der Waals surface area contributed by atoms with E-state index in [1.54, 1.807) is 4.90 Å². The van der Waals surface area contributed by atoms with Crippen molar-refractivity contribution in [2.45, 2.75) is 37.1 Å². The zero-order valence-corrected chi connectivity index (χ0v) is 17.0. The van der Waals surface area contributed by atoms with E-state index in [0.29, 0.717) is 11.0 Å². The van der Waals surface area contributed by atoms with E-state index >= 15 is 4.39 Å². The number of morpholine rings is 1. The number of halogens is 2. The smallest absolute Gasteiger partial charge is 0.257 e. The molecular weight excluding hydrogens is 427 g/mol. The van der Waals surface area contributed by atoms with E-state index in [2.05, 4.69) is 15.9 Å². The number of benzene rings is 1. The average molecular weight is 449 g/mol. The quantitative estimate of drug-likeness (QED) is 0.712. The SMILES string of the molecule is C[C@@H]1CCCCN1C(=O)c1cc(Br)cc(S(=O)(=O)N2CCOCC2)c1F. The molecule has 2 heterocycles. The number of likely N-dealkylation sites (tertiary alicyclic amines) is 1. The van der Waals surface area contributed by atoms with E-state index in [9.17, 15) is 13.2 Å². The number of carbonyl (C=O) groups excluding carboxylic acids is 1. The lowest BCUT2D eigenvalue weighted by Gasteiger charge is -2.33. The summed E-state index contributed by atoms with van der Waals surface area (Å²) in [5, 5.41) is 0. The fourth-order valence-electron chi connectivity index (χ4n) is 3.39. The molecule has 144 valence electrons. The van der Waals surface area contributed by atoms with Crippen LogP contribution < -0.4 is 0 Å². The molecule has 0 radical (unpaired) electrons. The molecule has 2 fully saturated rings. The predicted octanol–water partition coefficient (Wildman–Crippen LogP) is 2.62. The standard InChI is InChI=1S/C17H22BrFN2O4S/c1-12-4-2-3-5-21(12)17(22)14-10-13(18)11-15(16(14)19)26(23,24)20-6-8-25-9-7-20/h10-12H,2-9H2,1H3/t12-/m1/s1. The lowest BCUT2D eigenvalue weighted by molar-refractivity contribution is 0.0629. The molecule has 2 aliphatic heterocycles. The summed E-state index contributed by atoms with van der Waals surface area (Å²) in [6.07, 6.45) is 2.76. The van der Waals surface area contributed by atoms with Gasteiger partial charge in [-0.3, -0.25) is 4.79 Å². The first-order valence-electron chi connectivity index (χ1n) is 8.70. The van der Waals surface area contributed by atoms with Gasteiger partial charge < -0.3 is 9.64 Å². The van der Waals surface area contributed by atoms with E-state index in [1.165, 1.54) is 16.4 Å². The minimum absolute atomic E-state index is 0.00827. The van der Waals surface area contributed by atoms with E-state index in [4.69, 9.17) is 4.74 Å². The number of hydrogen-bond donors (Lipinski definition) is 0. The van der Waals surface area contributed by atoms with Gasteiger partial charge in [0.1, 0.15) is 4.90 Å². The highest BCUT2D eigenvalue weighted by Crippen LogP contribution is 2.29. The van der Waals surface area contributed by atoms with Crippen molar-refractivity contribution in [3.63, 3.8) is 0 Å². The van der Waals surface area contributed by atoms with Crippen molar-refractivity contribution in [2.75, 3.05) is 32.8 Å². The Bertz CT molecular complexity index is 796.